The molecule has 94 valence electrons. The fourth-order valence-electron chi connectivity index (χ4n) is 1.45. The largest absolute Gasteiger partial charge is 0.318 e. The first-order valence-electron chi connectivity index (χ1n) is 5.11. The van der Waals surface area contributed by atoms with Crippen LogP contribution in [0.1, 0.15) is 5.56 Å². The molecule has 0 fully saturated rings. The van der Waals surface area contributed by atoms with E-state index in [4.69, 9.17) is 5.84 Å². The molecule has 1 aromatic carbocycles. The molecule has 0 unspecified atom stereocenters. The zero-order valence-electron chi connectivity index (χ0n) is 9.33. The van der Waals surface area contributed by atoms with Crippen LogP contribution in [0.5, 0.6) is 0 Å². The second-order valence-electron chi connectivity index (χ2n) is 3.47. The van der Waals surface area contributed by atoms with Gasteiger partial charge < -0.3 is 5.43 Å². The van der Waals surface area contributed by atoms with E-state index >= 15 is 0 Å². The van der Waals surface area contributed by atoms with Gasteiger partial charge in [0.15, 0.2) is 0 Å². The number of nitrogen functional groups attached to an aromatic ring is 1. The van der Waals surface area contributed by atoms with Crippen molar-refractivity contribution < 1.29 is 4.92 Å². The summed E-state index contributed by atoms with van der Waals surface area (Å²) in [6, 6.07) is 8.97. The number of hydrogen-bond donors (Lipinski definition) is 2. The molecule has 0 aliphatic heterocycles. The van der Waals surface area contributed by atoms with Crippen LogP contribution >= 0.6 is 23.1 Å². The van der Waals surface area contributed by atoms with Crippen LogP contribution in [0.2, 0.25) is 0 Å². The average Bonchev–Trinajstić information content (AvgIpc) is 2.88. The standard InChI is InChI=1S/C11H11N3O2S2/c12-13-9-6-8(3-4-10(9)14(15)16)7-18-11-2-1-5-17-11/h1-6,13H,7,12H2. The highest BCUT2D eigenvalue weighted by atomic mass is 32.2. The molecule has 7 heteroatoms. The maximum Gasteiger partial charge on any atom is 0.293 e. The van der Waals surface area contributed by atoms with Crippen molar-refractivity contribution in [2.24, 2.45) is 5.84 Å². The second-order valence-corrected chi connectivity index (χ2v) is 5.70. The van der Waals surface area contributed by atoms with Crippen LogP contribution in [-0.2, 0) is 5.75 Å². The predicted molar refractivity (Wildman–Crippen MR) is 74.8 cm³/mol. The molecule has 0 atom stereocenters. The molecule has 18 heavy (non-hydrogen) atoms. The van der Waals surface area contributed by atoms with E-state index in [1.807, 2.05) is 17.5 Å². The van der Waals surface area contributed by atoms with Gasteiger partial charge in [-0.05, 0) is 23.1 Å². The Morgan fingerprint density at radius 1 is 1.44 bits per heavy atom. The molecule has 2 rings (SSSR count). The molecule has 0 saturated carbocycles. The van der Waals surface area contributed by atoms with Crippen molar-refractivity contribution in [1.29, 1.82) is 0 Å². The average molecular weight is 281 g/mol. The van der Waals surface area contributed by atoms with Gasteiger partial charge in [0, 0.05) is 11.8 Å². The summed E-state index contributed by atoms with van der Waals surface area (Å²) in [4.78, 5) is 10.3. The van der Waals surface area contributed by atoms with Crippen molar-refractivity contribution in [3.63, 3.8) is 0 Å². The maximum absolute atomic E-state index is 10.7. The van der Waals surface area contributed by atoms with Gasteiger partial charge in [-0.1, -0.05) is 12.1 Å². The lowest BCUT2D eigenvalue weighted by molar-refractivity contribution is -0.384. The van der Waals surface area contributed by atoms with E-state index in [9.17, 15) is 10.1 Å². The first-order valence-corrected chi connectivity index (χ1v) is 6.97. The number of rotatable bonds is 5. The normalized spacial score (nSPS) is 10.3. The van der Waals surface area contributed by atoms with Gasteiger partial charge in [-0.25, -0.2) is 0 Å². The number of anilines is 1. The Morgan fingerprint density at radius 3 is 2.89 bits per heavy atom. The summed E-state index contributed by atoms with van der Waals surface area (Å²) in [5.74, 6) is 6.05. The van der Waals surface area contributed by atoms with Crippen LogP contribution in [-0.4, -0.2) is 4.92 Å². The first-order chi connectivity index (χ1) is 8.70. The third-order valence-electron chi connectivity index (χ3n) is 2.29. The summed E-state index contributed by atoms with van der Waals surface area (Å²) in [7, 11) is 0. The number of thioether (sulfide) groups is 1. The maximum atomic E-state index is 10.7. The Morgan fingerprint density at radius 2 is 2.28 bits per heavy atom. The lowest BCUT2D eigenvalue weighted by atomic mass is 10.2. The molecule has 0 bridgehead atoms. The molecule has 1 heterocycles. The molecular weight excluding hydrogens is 270 g/mol. The van der Waals surface area contributed by atoms with Crippen molar-refractivity contribution in [3.05, 3.63) is 51.4 Å². The molecule has 2 aromatic rings. The lowest BCUT2D eigenvalue weighted by Gasteiger charge is -2.05. The zero-order valence-corrected chi connectivity index (χ0v) is 11.0. The summed E-state index contributed by atoms with van der Waals surface area (Å²) in [5.41, 5.74) is 3.68. The highest BCUT2D eigenvalue weighted by molar-refractivity contribution is 8.00. The van der Waals surface area contributed by atoms with Crippen molar-refractivity contribution in [1.82, 2.24) is 0 Å². The van der Waals surface area contributed by atoms with E-state index in [-0.39, 0.29) is 5.69 Å². The van der Waals surface area contributed by atoms with E-state index in [1.165, 1.54) is 10.3 Å². The van der Waals surface area contributed by atoms with Crippen LogP contribution in [0.3, 0.4) is 0 Å². The molecule has 0 aliphatic carbocycles. The highest BCUT2D eigenvalue weighted by Gasteiger charge is 2.13. The molecule has 0 spiro atoms. The smallest absolute Gasteiger partial charge is 0.293 e. The quantitative estimate of drug-likeness (QED) is 0.380. The Balaban J connectivity index is 2.12. The Labute approximate surface area is 112 Å². The second kappa shape index (κ2) is 5.85. The Bertz CT molecular complexity index is 543. The molecule has 0 amide bonds. The van der Waals surface area contributed by atoms with Gasteiger partial charge in [0.25, 0.3) is 5.69 Å². The van der Waals surface area contributed by atoms with Gasteiger partial charge in [0.2, 0.25) is 0 Å². The molecule has 0 aliphatic rings. The minimum absolute atomic E-state index is 0.0117. The number of nitrogens with one attached hydrogen (secondary N) is 1. The van der Waals surface area contributed by atoms with Gasteiger partial charge in [-0.3, -0.25) is 16.0 Å². The number of nitro benzene ring substituents is 1. The van der Waals surface area contributed by atoms with Crippen LogP contribution in [0.25, 0.3) is 0 Å². The predicted octanol–water partition coefficient (Wildman–Crippen LogP) is 3.23. The third kappa shape index (κ3) is 3.00. The number of nitro groups is 1. The summed E-state index contributed by atoms with van der Waals surface area (Å²) in [5, 5.41) is 12.8. The minimum atomic E-state index is -0.453. The van der Waals surface area contributed by atoms with E-state index in [0.29, 0.717) is 5.69 Å². The fraction of sp³-hybridized carbons (Fsp3) is 0.0909. The number of nitrogens with zero attached hydrogens (tertiary/aromatic N) is 1. The van der Waals surface area contributed by atoms with E-state index < -0.39 is 4.92 Å². The van der Waals surface area contributed by atoms with Crippen LogP contribution in [0, 0.1) is 10.1 Å². The molecule has 0 radical (unpaired) electrons. The van der Waals surface area contributed by atoms with E-state index in [0.717, 1.165) is 11.3 Å². The minimum Gasteiger partial charge on any atom is -0.318 e. The topological polar surface area (TPSA) is 81.2 Å². The van der Waals surface area contributed by atoms with E-state index in [1.54, 1.807) is 35.2 Å². The SMILES string of the molecule is NNc1cc(CSc2cccs2)ccc1[N+](=O)[O-]. The van der Waals surface area contributed by atoms with Gasteiger partial charge in [0.05, 0.1) is 9.13 Å². The number of benzene rings is 1. The fourth-order valence-corrected chi connectivity index (χ4v) is 3.18. The number of hydrogen-bond acceptors (Lipinski definition) is 6. The van der Waals surface area contributed by atoms with Crippen molar-refractivity contribution in [3.8, 4) is 0 Å². The van der Waals surface area contributed by atoms with Gasteiger partial charge in [-0.2, -0.15) is 0 Å². The first kappa shape index (κ1) is 12.9. The zero-order chi connectivity index (χ0) is 13.0. The van der Waals surface area contributed by atoms with Crippen LogP contribution in [0.4, 0.5) is 11.4 Å². The molecular formula is C11H11N3O2S2. The Kier molecular flexibility index (Phi) is 4.19. The Hall–Kier alpha value is -1.57. The number of nitrogens with two attached hydrogens (primary N) is 1. The summed E-state index contributed by atoms with van der Waals surface area (Å²) >= 11 is 3.37. The monoisotopic (exact) mass is 281 g/mol. The van der Waals surface area contributed by atoms with Gasteiger partial charge in [0.1, 0.15) is 5.69 Å². The van der Waals surface area contributed by atoms with Crippen molar-refractivity contribution in [2.75, 3.05) is 5.43 Å². The van der Waals surface area contributed by atoms with Crippen LogP contribution < -0.4 is 11.3 Å². The number of thiophene rings is 1. The number of hydrazine groups is 1. The van der Waals surface area contributed by atoms with E-state index in [2.05, 4.69) is 5.43 Å². The van der Waals surface area contributed by atoms with Crippen molar-refractivity contribution >= 4 is 34.5 Å². The highest BCUT2D eigenvalue weighted by Crippen LogP contribution is 2.30. The summed E-state index contributed by atoms with van der Waals surface area (Å²) in [6.07, 6.45) is 0. The lowest BCUT2D eigenvalue weighted by Crippen LogP contribution is -2.09. The molecule has 3 N–H and O–H groups in total. The molecule has 0 saturated heterocycles. The summed E-state index contributed by atoms with van der Waals surface area (Å²) < 4.78 is 1.22. The van der Waals surface area contributed by atoms with Gasteiger partial charge in [-0.15, -0.1) is 23.1 Å². The summed E-state index contributed by atoms with van der Waals surface area (Å²) in [6.45, 7) is 0. The molecule has 1 aromatic heterocycles. The van der Waals surface area contributed by atoms with Crippen molar-refractivity contribution in [2.45, 2.75) is 9.96 Å². The van der Waals surface area contributed by atoms with Crippen LogP contribution in [0.15, 0.2) is 39.9 Å². The van der Waals surface area contributed by atoms with Gasteiger partial charge >= 0.3 is 0 Å². The molecule has 5 nitrogen and oxygen atoms in total. The third-order valence-corrected chi connectivity index (χ3v) is 4.49.